The fourth-order valence-corrected chi connectivity index (χ4v) is 2.26. The van der Waals surface area contributed by atoms with E-state index in [1.165, 1.54) is 0 Å². The van der Waals surface area contributed by atoms with Crippen LogP contribution in [0.1, 0.15) is 40.5 Å². The van der Waals surface area contributed by atoms with Crippen LogP contribution in [0.5, 0.6) is 0 Å². The number of ether oxygens (including phenoxy) is 1. The minimum absolute atomic E-state index is 0.0189. The maximum atomic E-state index is 11.5. The predicted octanol–water partition coefficient (Wildman–Crippen LogP) is 2.37. The number of rotatable bonds is 2. The first-order valence-corrected chi connectivity index (χ1v) is 5.83. The number of hydrogen-bond acceptors (Lipinski definition) is 3. The molecule has 0 saturated carbocycles. The highest BCUT2D eigenvalue weighted by molar-refractivity contribution is 5.87. The van der Waals surface area contributed by atoms with Gasteiger partial charge >= 0.3 is 5.97 Å². The highest BCUT2D eigenvalue weighted by Gasteiger charge is 2.38. The molecule has 0 spiro atoms. The molecule has 1 saturated heterocycles. The van der Waals surface area contributed by atoms with Crippen molar-refractivity contribution in [2.45, 2.75) is 58.2 Å². The Morgan fingerprint density at radius 3 is 2.50 bits per heavy atom. The number of piperidine rings is 1. The molecule has 0 aromatic rings. The van der Waals surface area contributed by atoms with Crippen molar-refractivity contribution in [3.63, 3.8) is 0 Å². The van der Waals surface area contributed by atoms with Crippen molar-refractivity contribution >= 4 is 5.97 Å². The summed E-state index contributed by atoms with van der Waals surface area (Å²) in [7, 11) is 2.13. The van der Waals surface area contributed by atoms with Gasteiger partial charge in [0.1, 0.15) is 6.10 Å². The highest BCUT2D eigenvalue weighted by Crippen LogP contribution is 2.31. The Bertz CT molecular complexity index is 296. The molecule has 1 rings (SSSR count). The number of esters is 1. The summed E-state index contributed by atoms with van der Waals surface area (Å²) >= 11 is 0. The highest BCUT2D eigenvalue weighted by atomic mass is 16.5. The van der Waals surface area contributed by atoms with Crippen molar-refractivity contribution in [1.29, 1.82) is 0 Å². The van der Waals surface area contributed by atoms with Crippen molar-refractivity contribution in [2.24, 2.45) is 0 Å². The van der Waals surface area contributed by atoms with Gasteiger partial charge in [-0.25, -0.2) is 4.79 Å². The molecular weight excluding hydrogens is 202 g/mol. The fourth-order valence-electron chi connectivity index (χ4n) is 2.26. The van der Waals surface area contributed by atoms with E-state index in [9.17, 15) is 4.79 Å². The molecule has 1 aliphatic rings. The lowest BCUT2D eigenvalue weighted by atomic mass is 9.85. The predicted molar refractivity (Wildman–Crippen MR) is 65.2 cm³/mol. The molecule has 92 valence electrons. The molecule has 0 radical (unpaired) electrons. The molecule has 0 bridgehead atoms. The van der Waals surface area contributed by atoms with E-state index in [0.717, 1.165) is 12.8 Å². The SMILES string of the molecule is C=C(C)C(=O)OC1CC(C)N(C)C(C)(C)C1. The quantitative estimate of drug-likeness (QED) is 0.534. The van der Waals surface area contributed by atoms with Crippen molar-refractivity contribution in [1.82, 2.24) is 4.90 Å². The second kappa shape index (κ2) is 4.58. The van der Waals surface area contributed by atoms with E-state index in [2.05, 4.69) is 39.3 Å². The molecule has 0 amide bonds. The van der Waals surface area contributed by atoms with E-state index in [0.29, 0.717) is 11.6 Å². The van der Waals surface area contributed by atoms with E-state index in [1.807, 2.05) is 0 Å². The molecule has 1 aliphatic heterocycles. The average molecular weight is 225 g/mol. The van der Waals surface area contributed by atoms with Gasteiger partial charge in [0.15, 0.2) is 0 Å². The van der Waals surface area contributed by atoms with Crippen LogP contribution >= 0.6 is 0 Å². The van der Waals surface area contributed by atoms with Crippen LogP contribution in [0.25, 0.3) is 0 Å². The second-order valence-corrected chi connectivity index (χ2v) is 5.52. The third-order valence-corrected chi connectivity index (χ3v) is 3.57. The zero-order valence-electron chi connectivity index (χ0n) is 11.0. The van der Waals surface area contributed by atoms with Gasteiger partial charge < -0.3 is 4.74 Å². The Kier molecular flexibility index (Phi) is 3.79. The summed E-state index contributed by atoms with van der Waals surface area (Å²) < 4.78 is 5.44. The molecule has 1 heterocycles. The Balaban J connectivity index is 2.65. The first-order chi connectivity index (χ1) is 7.24. The van der Waals surface area contributed by atoms with Crippen LogP contribution in [0.2, 0.25) is 0 Å². The van der Waals surface area contributed by atoms with Gasteiger partial charge in [-0.3, -0.25) is 4.90 Å². The van der Waals surface area contributed by atoms with Gasteiger partial charge in [-0.05, 0) is 41.2 Å². The van der Waals surface area contributed by atoms with Crippen molar-refractivity contribution in [3.05, 3.63) is 12.2 Å². The van der Waals surface area contributed by atoms with Crippen LogP contribution in [0.3, 0.4) is 0 Å². The van der Waals surface area contributed by atoms with E-state index >= 15 is 0 Å². The Labute approximate surface area is 98.5 Å². The first kappa shape index (κ1) is 13.2. The molecule has 3 nitrogen and oxygen atoms in total. The maximum Gasteiger partial charge on any atom is 0.333 e. The van der Waals surface area contributed by atoms with Crippen LogP contribution in [0.4, 0.5) is 0 Å². The molecule has 0 aliphatic carbocycles. The molecule has 0 aromatic heterocycles. The Morgan fingerprint density at radius 1 is 1.50 bits per heavy atom. The first-order valence-electron chi connectivity index (χ1n) is 5.83. The van der Waals surface area contributed by atoms with Gasteiger partial charge in [0.05, 0.1) is 0 Å². The van der Waals surface area contributed by atoms with Gasteiger partial charge in [0.25, 0.3) is 0 Å². The van der Waals surface area contributed by atoms with Crippen molar-refractivity contribution in [3.8, 4) is 0 Å². The van der Waals surface area contributed by atoms with E-state index in [1.54, 1.807) is 6.92 Å². The maximum absolute atomic E-state index is 11.5. The van der Waals surface area contributed by atoms with E-state index in [4.69, 9.17) is 4.74 Å². The molecular formula is C13H23NO2. The van der Waals surface area contributed by atoms with Crippen LogP contribution < -0.4 is 0 Å². The van der Waals surface area contributed by atoms with Crippen LogP contribution in [-0.4, -0.2) is 35.6 Å². The van der Waals surface area contributed by atoms with Gasteiger partial charge in [-0.15, -0.1) is 0 Å². The molecule has 2 unspecified atom stereocenters. The summed E-state index contributed by atoms with van der Waals surface area (Å²) in [6.45, 7) is 11.8. The Morgan fingerprint density at radius 2 is 2.06 bits per heavy atom. The van der Waals surface area contributed by atoms with Gasteiger partial charge in [-0.1, -0.05) is 6.58 Å². The molecule has 1 fully saturated rings. The minimum Gasteiger partial charge on any atom is -0.459 e. The smallest absolute Gasteiger partial charge is 0.333 e. The topological polar surface area (TPSA) is 29.5 Å². The number of likely N-dealkylation sites (tertiary alicyclic amines) is 1. The monoisotopic (exact) mass is 225 g/mol. The summed E-state index contributed by atoms with van der Waals surface area (Å²) in [5.74, 6) is -0.266. The lowest BCUT2D eigenvalue weighted by molar-refractivity contribution is -0.150. The van der Waals surface area contributed by atoms with Crippen molar-refractivity contribution < 1.29 is 9.53 Å². The lowest BCUT2D eigenvalue weighted by Gasteiger charge is -2.47. The summed E-state index contributed by atoms with van der Waals surface area (Å²) in [6, 6.07) is 0.437. The fraction of sp³-hybridized carbons (Fsp3) is 0.769. The number of carbonyl (C=O) groups excluding carboxylic acids is 1. The summed E-state index contributed by atoms with van der Waals surface area (Å²) in [6.07, 6.45) is 1.80. The van der Waals surface area contributed by atoms with E-state index in [-0.39, 0.29) is 17.6 Å². The Hall–Kier alpha value is -0.830. The molecule has 0 aromatic carbocycles. The molecule has 16 heavy (non-hydrogen) atoms. The van der Waals surface area contributed by atoms with Gasteiger partial charge in [-0.2, -0.15) is 0 Å². The average Bonchev–Trinajstić information content (AvgIpc) is 2.13. The third kappa shape index (κ3) is 2.85. The zero-order valence-corrected chi connectivity index (χ0v) is 11.0. The lowest BCUT2D eigenvalue weighted by Crippen LogP contribution is -2.54. The van der Waals surface area contributed by atoms with Crippen molar-refractivity contribution in [2.75, 3.05) is 7.05 Å². The summed E-state index contributed by atoms with van der Waals surface area (Å²) in [4.78, 5) is 13.8. The van der Waals surface area contributed by atoms with Gasteiger partial charge in [0, 0.05) is 23.6 Å². The standard InChI is InChI=1S/C13H23NO2/c1-9(2)12(15)16-11-7-10(3)14(6)13(4,5)8-11/h10-11H,1,7-8H2,2-6H3. The zero-order chi connectivity index (χ0) is 12.5. The molecule has 2 atom stereocenters. The summed E-state index contributed by atoms with van der Waals surface area (Å²) in [5, 5.41) is 0. The number of hydrogen-bond donors (Lipinski definition) is 0. The largest absolute Gasteiger partial charge is 0.459 e. The minimum atomic E-state index is -0.266. The third-order valence-electron chi connectivity index (χ3n) is 3.57. The number of carbonyl (C=O) groups is 1. The number of nitrogens with zero attached hydrogens (tertiary/aromatic N) is 1. The van der Waals surface area contributed by atoms with Gasteiger partial charge in [0.2, 0.25) is 0 Å². The van der Waals surface area contributed by atoms with E-state index < -0.39 is 0 Å². The van der Waals surface area contributed by atoms with Crippen LogP contribution in [0.15, 0.2) is 12.2 Å². The van der Waals surface area contributed by atoms with Crippen LogP contribution in [0, 0.1) is 0 Å². The molecule has 0 N–H and O–H groups in total. The van der Waals surface area contributed by atoms with Crippen LogP contribution in [-0.2, 0) is 9.53 Å². The normalized spacial score (nSPS) is 29.8. The second-order valence-electron chi connectivity index (χ2n) is 5.52. The molecule has 3 heteroatoms. The summed E-state index contributed by atoms with van der Waals surface area (Å²) in [5.41, 5.74) is 0.557.